The monoisotopic (exact) mass is 185 g/mol. The maximum atomic E-state index is 4.04. The first kappa shape index (κ1) is 11.6. The predicted octanol–water partition coefficient (Wildman–Crippen LogP) is 3.06. The summed E-state index contributed by atoms with van der Waals surface area (Å²) in [5.74, 6) is 0. The number of likely N-dealkylation sites (N-methyl/N-ethyl adjacent to an activating group) is 1. The van der Waals surface area contributed by atoms with Crippen LogP contribution in [0.25, 0.3) is 0 Å². The van der Waals surface area contributed by atoms with Gasteiger partial charge >= 0.3 is 0 Å². The molecule has 12 heavy (non-hydrogen) atoms. The summed E-state index contributed by atoms with van der Waals surface area (Å²) in [6.45, 7) is 4.34. The van der Waals surface area contributed by atoms with Gasteiger partial charge in [0.15, 0.2) is 0 Å². The molecule has 0 radical (unpaired) electrons. The van der Waals surface area contributed by atoms with Crippen molar-refractivity contribution in [3.05, 3.63) is 23.8 Å². The van der Waals surface area contributed by atoms with Gasteiger partial charge in [0.2, 0.25) is 0 Å². The first-order valence-electron chi connectivity index (χ1n) is 4.45. The molecule has 1 atom stereocenters. The first-order chi connectivity index (χ1) is 5.76. The molecular weight excluding hydrogens is 166 g/mol. The van der Waals surface area contributed by atoms with Crippen LogP contribution in [0.1, 0.15) is 26.7 Å². The summed E-state index contributed by atoms with van der Waals surface area (Å²) in [6, 6.07) is 0.508. The second kappa shape index (κ2) is 7.29. The fraction of sp³-hybridized carbons (Fsp3) is 0.600. The minimum Gasteiger partial charge on any atom is -0.374 e. The van der Waals surface area contributed by atoms with E-state index >= 15 is 0 Å². The van der Waals surface area contributed by atoms with Crippen molar-refractivity contribution in [2.45, 2.75) is 32.7 Å². The first-order valence-corrected chi connectivity index (χ1v) is 4.97. The zero-order chi connectivity index (χ0) is 9.40. The Morgan fingerprint density at radius 1 is 1.42 bits per heavy atom. The predicted molar refractivity (Wildman–Crippen MR) is 59.4 cm³/mol. The van der Waals surface area contributed by atoms with E-state index in [0.29, 0.717) is 6.04 Å². The number of hydrogen-bond acceptors (Lipinski definition) is 2. The second-order valence-corrected chi connectivity index (χ2v) is 3.07. The molecule has 0 aromatic heterocycles. The van der Waals surface area contributed by atoms with Crippen LogP contribution in [-0.4, -0.2) is 18.0 Å². The Balaban J connectivity index is 4.04. The van der Waals surface area contributed by atoms with Gasteiger partial charge in [0.1, 0.15) is 0 Å². The molecule has 1 unspecified atom stereocenters. The SMILES string of the molecule is CCC=CC(CC)N(C)/C=C\S. The molecule has 0 N–H and O–H groups in total. The number of rotatable bonds is 5. The molecule has 0 aliphatic heterocycles. The lowest BCUT2D eigenvalue weighted by atomic mass is 10.2. The van der Waals surface area contributed by atoms with Crippen LogP contribution in [0.2, 0.25) is 0 Å². The van der Waals surface area contributed by atoms with Gasteiger partial charge in [-0.15, -0.1) is 12.6 Å². The fourth-order valence-electron chi connectivity index (χ4n) is 1.07. The average Bonchev–Trinajstić information content (AvgIpc) is 2.06. The Kier molecular flexibility index (Phi) is 7.06. The molecule has 0 spiro atoms. The average molecular weight is 185 g/mol. The summed E-state index contributed by atoms with van der Waals surface area (Å²) in [5.41, 5.74) is 0. The molecule has 0 aromatic rings. The van der Waals surface area contributed by atoms with Gasteiger partial charge < -0.3 is 4.90 Å². The molecule has 0 aliphatic rings. The van der Waals surface area contributed by atoms with E-state index in [1.165, 1.54) is 0 Å². The zero-order valence-electron chi connectivity index (χ0n) is 8.20. The normalized spacial score (nSPS) is 14.3. The quantitative estimate of drug-likeness (QED) is 0.509. The Labute approximate surface area is 81.6 Å². The molecule has 0 amide bonds. The highest BCUT2D eigenvalue weighted by molar-refractivity contribution is 7.83. The van der Waals surface area contributed by atoms with Gasteiger partial charge in [0.25, 0.3) is 0 Å². The standard InChI is InChI=1S/C10H19NS/c1-4-6-7-10(5-2)11(3)8-9-12/h6-10,12H,4-5H2,1-3H3/b7-6?,9-8-. The van der Waals surface area contributed by atoms with Crippen molar-refractivity contribution in [3.63, 3.8) is 0 Å². The zero-order valence-corrected chi connectivity index (χ0v) is 9.09. The van der Waals surface area contributed by atoms with E-state index < -0.39 is 0 Å². The third kappa shape index (κ3) is 4.50. The molecule has 0 fully saturated rings. The van der Waals surface area contributed by atoms with Crippen LogP contribution in [0, 0.1) is 0 Å². The summed E-state index contributed by atoms with van der Waals surface area (Å²) >= 11 is 4.04. The Morgan fingerprint density at radius 2 is 2.08 bits per heavy atom. The maximum absolute atomic E-state index is 4.04. The topological polar surface area (TPSA) is 3.24 Å². The van der Waals surface area contributed by atoms with E-state index in [1.54, 1.807) is 5.41 Å². The van der Waals surface area contributed by atoms with Crippen molar-refractivity contribution in [2.75, 3.05) is 7.05 Å². The van der Waals surface area contributed by atoms with Gasteiger partial charge in [-0.3, -0.25) is 0 Å². The van der Waals surface area contributed by atoms with Crippen molar-refractivity contribution in [2.24, 2.45) is 0 Å². The molecule has 0 aromatic carbocycles. The minimum atomic E-state index is 0.508. The van der Waals surface area contributed by atoms with E-state index in [0.717, 1.165) is 12.8 Å². The lowest BCUT2D eigenvalue weighted by Gasteiger charge is -2.22. The lowest BCUT2D eigenvalue weighted by molar-refractivity contribution is 0.376. The van der Waals surface area contributed by atoms with Crippen LogP contribution >= 0.6 is 12.6 Å². The lowest BCUT2D eigenvalue weighted by Crippen LogP contribution is -2.23. The molecule has 0 rings (SSSR count). The van der Waals surface area contributed by atoms with Gasteiger partial charge in [0, 0.05) is 19.3 Å². The molecule has 0 saturated carbocycles. The highest BCUT2D eigenvalue weighted by Gasteiger charge is 2.03. The Morgan fingerprint density at radius 3 is 2.50 bits per heavy atom. The molecule has 0 aliphatic carbocycles. The van der Waals surface area contributed by atoms with Crippen LogP contribution in [-0.2, 0) is 0 Å². The molecular formula is C10H19NS. The summed E-state index contributed by atoms with van der Waals surface area (Å²) in [6.07, 6.45) is 8.67. The van der Waals surface area contributed by atoms with E-state index in [-0.39, 0.29) is 0 Å². The van der Waals surface area contributed by atoms with E-state index in [4.69, 9.17) is 0 Å². The summed E-state index contributed by atoms with van der Waals surface area (Å²) in [5, 5.41) is 1.77. The molecule has 0 heterocycles. The van der Waals surface area contributed by atoms with Crippen LogP contribution in [0.4, 0.5) is 0 Å². The third-order valence-corrected chi connectivity index (χ3v) is 1.97. The smallest absolute Gasteiger partial charge is 0.0461 e. The minimum absolute atomic E-state index is 0.508. The van der Waals surface area contributed by atoms with E-state index in [9.17, 15) is 0 Å². The fourth-order valence-corrected chi connectivity index (χ4v) is 1.28. The maximum Gasteiger partial charge on any atom is 0.0461 e. The van der Waals surface area contributed by atoms with Gasteiger partial charge in [-0.25, -0.2) is 0 Å². The summed E-state index contributed by atoms with van der Waals surface area (Å²) in [4.78, 5) is 2.17. The molecule has 0 bridgehead atoms. The van der Waals surface area contributed by atoms with E-state index in [2.05, 4.69) is 50.6 Å². The van der Waals surface area contributed by atoms with Crippen LogP contribution in [0.15, 0.2) is 23.8 Å². The molecule has 0 saturated heterocycles. The van der Waals surface area contributed by atoms with Crippen LogP contribution in [0.5, 0.6) is 0 Å². The van der Waals surface area contributed by atoms with Gasteiger partial charge in [-0.05, 0) is 18.2 Å². The molecule has 2 heteroatoms. The summed E-state index contributed by atoms with van der Waals surface area (Å²) < 4.78 is 0. The molecule has 1 nitrogen and oxygen atoms in total. The van der Waals surface area contributed by atoms with Crippen molar-refractivity contribution < 1.29 is 0 Å². The Bertz CT molecular complexity index is 152. The Hall–Kier alpha value is -0.370. The molecule has 70 valence electrons. The number of nitrogens with zero attached hydrogens (tertiary/aromatic N) is 1. The van der Waals surface area contributed by atoms with Crippen molar-refractivity contribution in [3.8, 4) is 0 Å². The van der Waals surface area contributed by atoms with Crippen LogP contribution in [0.3, 0.4) is 0 Å². The highest BCUT2D eigenvalue weighted by Crippen LogP contribution is 2.04. The highest BCUT2D eigenvalue weighted by atomic mass is 32.1. The van der Waals surface area contributed by atoms with Crippen molar-refractivity contribution in [1.29, 1.82) is 0 Å². The van der Waals surface area contributed by atoms with Crippen molar-refractivity contribution in [1.82, 2.24) is 4.90 Å². The van der Waals surface area contributed by atoms with E-state index in [1.807, 2.05) is 6.20 Å². The number of allylic oxidation sites excluding steroid dienone is 1. The van der Waals surface area contributed by atoms with Gasteiger partial charge in [-0.1, -0.05) is 26.0 Å². The number of thiol groups is 1. The van der Waals surface area contributed by atoms with Crippen molar-refractivity contribution >= 4 is 12.6 Å². The van der Waals surface area contributed by atoms with Crippen LogP contribution < -0.4 is 0 Å². The number of hydrogen-bond donors (Lipinski definition) is 1. The second-order valence-electron chi connectivity index (χ2n) is 2.78. The largest absolute Gasteiger partial charge is 0.374 e. The van der Waals surface area contributed by atoms with Gasteiger partial charge in [-0.2, -0.15) is 0 Å². The summed E-state index contributed by atoms with van der Waals surface area (Å²) in [7, 11) is 2.07. The van der Waals surface area contributed by atoms with Gasteiger partial charge in [0.05, 0.1) is 0 Å². The third-order valence-electron chi connectivity index (χ3n) is 1.84.